The van der Waals surface area contributed by atoms with Gasteiger partial charge in [-0.05, 0) is 51.4 Å². The SMILES string of the molecule is CCCc1ccc(CN2CCCN(C(=O)C3CCCN(C)C3)CC2)o1. The second kappa shape index (κ2) is 8.86. The summed E-state index contributed by atoms with van der Waals surface area (Å²) in [4.78, 5) is 19.7. The van der Waals surface area contributed by atoms with Gasteiger partial charge in [0, 0.05) is 39.1 Å². The zero-order valence-electron chi connectivity index (χ0n) is 15.9. The molecule has 2 aliphatic heterocycles. The Hall–Kier alpha value is -1.33. The van der Waals surface area contributed by atoms with Gasteiger partial charge in [-0.2, -0.15) is 0 Å². The molecule has 2 fully saturated rings. The van der Waals surface area contributed by atoms with Gasteiger partial charge in [-0.15, -0.1) is 0 Å². The van der Waals surface area contributed by atoms with Crippen molar-refractivity contribution in [3.05, 3.63) is 23.7 Å². The number of rotatable bonds is 5. The maximum absolute atomic E-state index is 12.9. The van der Waals surface area contributed by atoms with E-state index in [1.54, 1.807) is 0 Å². The van der Waals surface area contributed by atoms with Crippen LogP contribution < -0.4 is 0 Å². The average molecular weight is 348 g/mol. The average Bonchev–Trinajstić information content (AvgIpc) is 2.90. The van der Waals surface area contributed by atoms with Crippen LogP contribution in [0.1, 0.15) is 44.1 Å². The molecule has 3 rings (SSSR count). The summed E-state index contributed by atoms with van der Waals surface area (Å²) in [7, 11) is 2.12. The van der Waals surface area contributed by atoms with E-state index in [1.807, 2.05) is 0 Å². The first-order chi connectivity index (χ1) is 12.2. The van der Waals surface area contributed by atoms with E-state index in [1.165, 1.54) is 0 Å². The van der Waals surface area contributed by atoms with Crippen molar-refractivity contribution >= 4 is 5.91 Å². The van der Waals surface area contributed by atoms with E-state index >= 15 is 0 Å². The highest BCUT2D eigenvalue weighted by Crippen LogP contribution is 2.19. The summed E-state index contributed by atoms with van der Waals surface area (Å²) in [5, 5.41) is 0. The van der Waals surface area contributed by atoms with Gasteiger partial charge in [0.25, 0.3) is 0 Å². The zero-order chi connectivity index (χ0) is 17.6. The minimum absolute atomic E-state index is 0.201. The lowest BCUT2D eigenvalue weighted by atomic mass is 9.97. The van der Waals surface area contributed by atoms with Gasteiger partial charge in [-0.1, -0.05) is 6.92 Å². The van der Waals surface area contributed by atoms with Crippen LogP contribution in [-0.2, 0) is 17.8 Å². The van der Waals surface area contributed by atoms with E-state index in [0.717, 1.165) is 89.4 Å². The molecule has 5 heteroatoms. The monoisotopic (exact) mass is 347 g/mol. The molecule has 1 aromatic heterocycles. The van der Waals surface area contributed by atoms with Crippen molar-refractivity contribution in [1.82, 2.24) is 14.7 Å². The van der Waals surface area contributed by atoms with Gasteiger partial charge >= 0.3 is 0 Å². The third-order valence-electron chi connectivity index (χ3n) is 5.47. The molecule has 25 heavy (non-hydrogen) atoms. The molecule has 1 unspecified atom stereocenters. The van der Waals surface area contributed by atoms with Crippen molar-refractivity contribution < 1.29 is 9.21 Å². The lowest BCUT2D eigenvalue weighted by molar-refractivity contribution is -0.137. The first-order valence-electron chi connectivity index (χ1n) is 9.93. The lowest BCUT2D eigenvalue weighted by Gasteiger charge is -2.32. The Morgan fingerprint density at radius 2 is 1.96 bits per heavy atom. The Morgan fingerprint density at radius 1 is 1.12 bits per heavy atom. The summed E-state index contributed by atoms with van der Waals surface area (Å²) in [5.41, 5.74) is 0. The Kier molecular flexibility index (Phi) is 6.54. The molecule has 2 saturated heterocycles. The summed E-state index contributed by atoms with van der Waals surface area (Å²) >= 11 is 0. The summed E-state index contributed by atoms with van der Waals surface area (Å²) in [5.74, 6) is 2.71. The lowest BCUT2D eigenvalue weighted by Crippen LogP contribution is -2.44. The van der Waals surface area contributed by atoms with E-state index in [0.29, 0.717) is 5.91 Å². The smallest absolute Gasteiger partial charge is 0.227 e. The Balaban J connectivity index is 1.50. The largest absolute Gasteiger partial charge is 0.465 e. The third-order valence-corrected chi connectivity index (χ3v) is 5.47. The van der Waals surface area contributed by atoms with Crippen molar-refractivity contribution in [2.45, 2.75) is 45.6 Å². The molecule has 1 aromatic rings. The number of piperidine rings is 1. The summed E-state index contributed by atoms with van der Waals surface area (Å²) in [6.07, 6.45) is 5.38. The van der Waals surface area contributed by atoms with Gasteiger partial charge in [-0.3, -0.25) is 9.69 Å². The number of amides is 1. The van der Waals surface area contributed by atoms with Crippen LogP contribution in [-0.4, -0.2) is 66.9 Å². The fourth-order valence-electron chi connectivity index (χ4n) is 4.08. The van der Waals surface area contributed by atoms with Crippen LogP contribution in [0.3, 0.4) is 0 Å². The molecule has 2 aliphatic rings. The molecule has 0 spiro atoms. The fraction of sp³-hybridized carbons (Fsp3) is 0.750. The minimum atomic E-state index is 0.201. The number of nitrogens with zero attached hydrogens (tertiary/aromatic N) is 3. The second-order valence-electron chi connectivity index (χ2n) is 7.67. The van der Waals surface area contributed by atoms with Crippen LogP contribution in [0.25, 0.3) is 0 Å². The number of likely N-dealkylation sites (tertiary alicyclic amines) is 1. The first kappa shape index (κ1) is 18.5. The highest BCUT2D eigenvalue weighted by atomic mass is 16.3. The highest BCUT2D eigenvalue weighted by molar-refractivity contribution is 5.79. The van der Waals surface area contributed by atoms with Gasteiger partial charge in [0.05, 0.1) is 12.5 Å². The Labute approximate surface area is 151 Å². The zero-order valence-corrected chi connectivity index (χ0v) is 15.9. The number of carbonyl (C=O) groups excluding carboxylic acids is 1. The van der Waals surface area contributed by atoms with Gasteiger partial charge < -0.3 is 14.2 Å². The molecule has 0 aromatic carbocycles. The summed E-state index contributed by atoms with van der Waals surface area (Å²) < 4.78 is 5.92. The molecular formula is C20H33N3O2. The molecule has 0 radical (unpaired) electrons. The molecule has 3 heterocycles. The molecule has 0 bridgehead atoms. The molecule has 0 saturated carbocycles. The predicted octanol–water partition coefficient (Wildman–Crippen LogP) is 2.61. The van der Waals surface area contributed by atoms with Crippen LogP contribution in [0.4, 0.5) is 0 Å². The van der Waals surface area contributed by atoms with E-state index in [2.05, 4.69) is 40.8 Å². The molecule has 1 amide bonds. The minimum Gasteiger partial charge on any atom is -0.465 e. The van der Waals surface area contributed by atoms with Gasteiger partial charge in [0.15, 0.2) is 0 Å². The fourth-order valence-corrected chi connectivity index (χ4v) is 4.08. The van der Waals surface area contributed by atoms with Crippen LogP contribution >= 0.6 is 0 Å². The van der Waals surface area contributed by atoms with Crippen LogP contribution in [0.5, 0.6) is 0 Å². The van der Waals surface area contributed by atoms with Crippen LogP contribution in [0.15, 0.2) is 16.5 Å². The number of furan rings is 1. The van der Waals surface area contributed by atoms with Gasteiger partial charge in [-0.25, -0.2) is 0 Å². The molecular weight excluding hydrogens is 314 g/mol. The van der Waals surface area contributed by atoms with Crippen LogP contribution in [0.2, 0.25) is 0 Å². The molecule has 0 aliphatic carbocycles. The van der Waals surface area contributed by atoms with Crippen molar-refractivity contribution in [3.63, 3.8) is 0 Å². The third kappa shape index (κ3) is 5.08. The van der Waals surface area contributed by atoms with E-state index in [9.17, 15) is 4.79 Å². The highest BCUT2D eigenvalue weighted by Gasteiger charge is 2.29. The van der Waals surface area contributed by atoms with Crippen molar-refractivity contribution in [2.24, 2.45) is 5.92 Å². The summed E-state index contributed by atoms with van der Waals surface area (Å²) in [6, 6.07) is 4.21. The van der Waals surface area contributed by atoms with Crippen molar-refractivity contribution in [3.8, 4) is 0 Å². The predicted molar refractivity (Wildman–Crippen MR) is 99.4 cm³/mol. The van der Waals surface area contributed by atoms with Crippen molar-refractivity contribution in [2.75, 3.05) is 46.3 Å². The number of hydrogen-bond donors (Lipinski definition) is 0. The first-order valence-corrected chi connectivity index (χ1v) is 9.93. The Bertz CT molecular complexity index is 557. The molecule has 5 nitrogen and oxygen atoms in total. The number of hydrogen-bond acceptors (Lipinski definition) is 4. The summed E-state index contributed by atoms with van der Waals surface area (Å²) in [6.45, 7) is 8.81. The van der Waals surface area contributed by atoms with E-state index in [4.69, 9.17) is 4.42 Å². The number of aryl methyl sites for hydroxylation is 1. The second-order valence-corrected chi connectivity index (χ2v) is 7.67. The van der Waals surface area contributed by atoms with E-state index in [-0.39, 0.29) is 5.92 Å². The molecule has 140 valence electrons. The van der Waals surface area contributed by atoms with Crippen LogP contribution in [0, 0.1) is 5.92 Å². The van der Waals surface area contributed by atoms with Gasteiger partial charge in [0.1, 0.15) is 11.5 Å². The number of carbonyl (C=O) groups is 1. The standard InChI is InChI=1S/C20H33N3O2/c1-3-6-18-8-9-19(25-18)16-22-11-5-12-23(14-13-22)20(24)17-7-4-10-21(2)15-17/h8-9,17H,3-7,10-16H2,1-2H3. The quantitative estimate of drug-likeness (QED) is 0.821. The maximum atomic E-state index is 12.9. The van der Waals surface area contributed by atoms with E-state index < -0.39 is 0 Å². The van der Waals surface area contributed by atoms with Gasteiger partial charge in [0.2, 0.25) is 5.91 Å². The molecule has 1 atom stereocenters. The Morgan fingerprint density at radius 3 is 2.76 bits per heavy atom. The normalized spacial score (nSPS) is 23.6. The van der Waals surface area contributed by atoms with Crippen molar-refractivity contribution in [1.29, 1.82) is 0 Å². The maximum Gasteiger partial charge on any atom is 0.227 e. The topological polar surface area (TPSA) is 39.9 Å². The molecule has 0 N–H and O–H groups in total.